The van der Waals surface area contributed by atoms with E-state index in [0.29, 0.717) is 5.06 Å². The summed E-state index contributed by atoms with van der Waals surface area (Å²) in [5.41, 5.74) is 0. The van der Waals surface area contributed by atoms with Gasteiger partial charge in [-0.2, -0.15) is 0 Å². The first-order chi connectivity index (χ1) is 13.4. The van der Waals surface area contributed by atoms with Crippen molar-refractivity contribution < 1.29 is 38.4 Å². The molecule has 0 bridgehead atoms. The van der Waals surface area contributed by atoms with E-state index in [1.807, 2.05) is 0 Å². The summed E-state index contributed by atoms with van der Waals surface area (Å²) >= 11 is 0. The number of nitrogens with zero attached hydrogens (tertiary/aromatic N) is 1. The van der Waals surface area contributed by atoms with Crippen LogP contribution in [0.15, 0.2) is 0 Å². The van der Waals surface area contributed by atoms with Gasteiger partial charge in [0.1, 0.15) is 12.1 Å². The van der Waals surface area contributed by atoms with Crippen LogP contribution in [0, 0.1) is 0 Å². The third-order valence-corrected chi connectivity index (χ3v) is 3.61. The fourth-order valence-electron chi connectivity index (χ4n) is 2.16. The van der Waals surface area contributed by atoms with Gasteiger partial charge in [0, 0.05) is 26.7 Å². The fraction of sp³-hybridized carbons (Fsp3) is 0.562. The van der Waals surface area contributed by atoms with Crippen LogP contribution in [0.5, 0.6) is 0 Å². The molecule has 1 saturated heterocycles. The van der Waals surface area contributed by atoms with Gasteiger partial charge in [-0.15, -0.1) is 5.06 Å². The van der Waals surface area contributed by atoms with Crippen LogP contribution in [0.25, 0.3) is 0 Å². The minimum absolute atomic E-state index is 0.0698. The lowest BCUT2D eigenvalue weighted by Crippen LogP contribution is -2.59. The van der Waals surface area contributed by atoms with Crippen LogP contribution in [0.1, 0.15) is 40.5 Å². The van der Waals surface area contributed by atoms with E-state index in [0.717, 1.165) is 13.8 Å². The molecule has 0 aromatic carbocycles. The highest BCUT2D eigenvalue weighted by molar-refractivity contribution is 6.02. The van der Waals surface area contributed by atoms with E-state index < -0.39 is 59.7 Å². The zero-order valence-electron chi connectivity index (χ0n) is 16.4. The topological polar surface area (TPSA) is 180 Å². The number of nitrogens with one attached hydrogen (secondary N) is 4. The number of hydroxylamine groups is 2. The van der Waals surface area contributed by atoms with E-state index in [4.69, 9.17) is 0 Å². The summed E-state index contributed by atoms with van der Waals surface area (Å²) in [6.45, 7) is 4.84. The Bertz CT molecular complexity index is 705. The normalized spacial score (nSPS) is 15.4. The molecule has 1 rings (SSSR count). The van der Waals surface area contributed by atoms with Crippen LogP contribution >= 0.6 is 0 Å². The molecule has 13 heteroatoms. The highest BCUT2D eigenvalue weighted by Crippen LogP contribution is 2.12. The first kappa shape index (κ1) is 23.5. The molecule has 13 nitrogen and oxygen atoms in total. The highest BCUT2D eigenvalue weighted by Gasteiger charge is 2.34. The lowest BCUT2D eigenvalue weighted by atomic mass is 10.2. The van der Waals surface area contributed by atoms with Gasteiger partial charge >= 0.3 is 5.97 Å². The Morgan fingerprint density at radius 3 is 1.69 bits per heavy atom. The molecule has 1 aliphatic heterocycles. The van der Waals surface area contributed by atoms with Crippen LogP contribution in [0.4, 0.5) is 0 Å². The molecule has 2 atom stereocenters. The quantitative estimate of drug-likeness (QED) is 0.243. The van der Waals surface area contributed by atoms with Crippen LogP contribution < -0.4 is 21.3 Å². The first-order valence-corrected chi connectivity index (χ1v) is 8.65. The molecule has 1 aliphatic rings. The lowest BCUT2D eigenvalue weighted by molar-refractivity contribution is -0.198. The van der Waals surface area contributed by atoms with Crippen molar-refractivity contribution in [3.05, 3.63) is 0 Å². The van der Waals surface area contributed by atoms with Crippen LogP contribution in [0.3, 0.4) is 0 Å². The summed E-state index contributed by atoms with van der Waals surface area (Å²) in [4.78, 5) is 86.1. The molecule has 160 valence electrons. The Balaban J connectivity index is 2.60. The van der Waals surface area contributed by atoms with E-state index in [9.17, 15) is 33.6 Å². The molecule has 0 aliphatic carbocycles. The van der Waals surface area contributed by atoms with Gasteiger partial charge in [0.05, 0.1) is 0 Å². The smallest absolute Gasteiger partial charge is 0.341 e. The number of rotatable bonds is 8. The maximum Gasteiger partial charge on any atom is 0.354 e. The van der Waals surface area contributed by atoms with Crippen molar-refractivity contribution >= 4 is 41.4 Å². The van der Waals surface area contributed by atoms with Gasteiger partial charge < -0.3 is 26.1 Å². The molecule has 0 unspecified atom stereocenters. The average molecular weight is 413 g/mol. The maximum absolute atomic E-state index is 12.2. The second kappa shape index (κ2) is 10.1. The van der Waals surface area contributed by atoms with Gasteiger partial charge in [-0.25, -0.2) is 4.79 Å². The predicted molar refractivity (Wildman–Crippen MR) is 93.8 cm³/mol. The number of hydrogen-bond acceptors (Lipinski definition) is 8. The Hall–Kier alpha value is -3.51. The number of carbonyl (C=O) groups excluding carboxylic acids is 7. The molecule has 1 heterocycles. The number of hydrogen-bond donors (Lipinski definition) is 4. The maximum atomic E-state index is 12.2. The first-order valence-electron chi connectivity index (χ1n) is 8.65. The molecule has 1 fully saturated rings. The van der Waals surface area contributed by atoms with Gasteiger partial charge in [-0.05, 0) is 13.8 Å². The van der Waals surface area contributed by atoms with Crippen LogP contribution in [-0.2, 0) is 38.4 Å². The molecule has 0 aromatic heterocycles. The summed E-state index contributed by atoms with van der Waals surface area (Å²) in [7, 11) is 0. The fourth-order valence-corrected chi connectivity index (χ4v) is 2.16. The summed E-state index contributed by atoms with van der Waals surface area (Å²) in [6.07, 6.45) is -1.53. The Labute approximate surface area is 165 Å². The van der Waals surface area contributed by atoms with Gasteiger partial charge in [-0.3, -0.25) is 28.8 Å². The number of amides is 6. The summed E-state index contributed by atoms with van der Waals surface area (Å²) < 4.78 is 0. The van der Waals surface area contributed by atoms with E-state index in [1.165, 1.54) is 13.8 Å². The molecule has 4 N–H and O–H groups in total. The van der Waals surface area contributed by atoms with Crippen LogP contribution in [0.2, 0.25) is 0 Å². The van der Waals surface area contributed by atoms with Crippen LogP contribution in [-0.4, -0.2) is 64.7 Å². The molecule has 0 saturated carbocycles. The summed E-state index contributed by atoms with van der Waals surface area (Å²) in [5, 5.41) is 9.29. The summed E-state index contributed by atoms with van der Waals surface area (Å²) in [5.74, 6) is -5.19. The average Bonchev–Trinajstić information content (AvgIpc) is 2.91. The molecular formula is C16H23N5O8. The Morgan fingerprint density at radius 2 is 1.24 bits per heavy atom. The molecule has 0 aromatic rings. The Morgan fingerprint density at radius 1 is 0.793 bits per heavy atom. The van der Waals surface area contributed by atoms with Gasteiger partial charge in [0.25, 0.3) is 17.7 Å². The minimum Gasteiger partial charge on any atom is -0.341 e. The lowest BCUT2D eigenvalue weighted by Gasteiger charge is -2.22. The molecular weight excluding hydrogens is 390 g/mol. The van der Waals surface area contributed by atoms with Crippen molar-refractivity contribution in [2.24, 2.45) is 0 Å². The molecule has 6 amide bonds. The molecule has 0 spiro atoms. The third-order valence-electron chi connectivity index (χ3n) is 3.61. The number of carbonyl (C=O) groups is 7. The van der Waals surface area contributed by atoms with Crippen molar-refractivity contribution in [1.82, 2.24) is 26.3 Å². The van der Waals surface area contributed by atoms with E-state index in [-0.39, 0.29) is 12.8 Å². The third kappa shape index (κ3) is 7.20. The van der Waals surface area contributed by atoms with Gasteiger partial charge in [0.2, 0.25) is 17.7 Å². The number of imide groups is 1. The standard InChI is InChI=1S/C16H23N5O8/c1-7(17-15(27)13(19-9(3)22)20-10(4)23)14(26)18-8(2)16(28)29-21-11(24)5-6-12(21)25/h7-8,13H,5-6H2,1-4H3,(H,17,27)(H,18,26)(H,19,22)(H,20,23)/t7-,8-/m0/s1. The van der Waals surface area contributed by atoms with Crippen molar-refractivity contribution in [3.63, 3.8) is 0 Å². The van der Waals surface area contributed by atoms with E-state index in [1.54, 1.807) is 0 Å². The van der Waals surface area contributed by atoms with Crippen molar-refractivity contribution in [2.75, 3.05) is 0 Å². The molecule has 29 heavy (non-hydrogen) atoms. The SMILES string of the molecule is CC(=O)NC(NC(C)=O)C(=O)N[C@@H](C)C(=O)N[C@@H](C)C(=O)ON1C(=O)CCC1=O. The predicted octanol–water partition coefficient (Wildman–Crippen LogP) is -2.80. The van der Waals surface area contributed by atoms with Gasteiger partial charge in [-0.1, -0.05) is 0 Å². The second-order valence-corrected chi connectivity index (χ2v) is 6.29. The minimum atomic E-state index is -1.39. The zero-order valence-corrected chi connectivity index (χ0v) is 16.4. The van der Waals surface area contributed by atoms with Gasteiger partial charge in [0.15, 0.2) is 6.17 Å². The zero-order chi connectivity index (χ0) is 22.3. The van der Waals surface area contributed by atoms with E-state index >= 15 is 0 Å². The van der Waals surface area contributed by atoms with E-state index in [2.05, 4.69) is 26.1 Å². The highest BCUT2D eigenvalue weighted by atomic mass is 16.7. The Kier molecular flexibility index (Phi) is 8.23. The van der Waals surface area contributed by atoms with Crippen molar-refractivity contribution in [3.8, 4) is 0 Å². The largest absolute Gasteiger partial charge is 0.354 e. The van der Waals surface area contributed by atoms with Crippen molar-refractivity contribution in [1.29, 1.82) is 0 Å². The second-order valence-electron chi connectivity index (χ2n) is 6.29. The summed E-state index contributed by atoms with van der Waals surface area (Å²) in [6, 6.07) is -2.39. The van der Waals surface area contributed by atoms with Crippen molar-refractivity contribution in [2.45, 2.75) is 58.8 Å². The monoisotopic (exact) mass is 413 g/mol. The molecule has 0 radical (unpaired) electrons.